The molecule has 1 aliphatic heterocycles. The Kier molecular flexibility index (Phi) is 5.23. The van der Waals surface area contributed by atoms with Crippen LogP contribution >= 0.6 is 11.6 Å². The molecule has 0 unspecified atom stereocenters. The second kappa shape index (κ2) is 6.92. The van der Waals surface area contributed by atoms with Gasteiger partial charge in [-0.05, 0) is 30.7 Å². The highest BCUT2D eigenvalue weighted by atomic mass is 35.5. The number of nitrogens with zero attached hydrogens (tertiary/aromatic N) is 1. The van der Waals surface area contributed by atoms with Gasteiger partial charge < -0.3 is 20.1 Å². The van der Waals surface area contributed by atoms with Crippen LogP contribution in [0.5, 0.6) is 5.75 Å². The zero-order chi connectivity index (χ0) is 14.5. The van der Waals surface area contributed by atoms with Crippen molar-refractivity contribution in [3.63, 3.8) is 0 Å². The van der Waals surface area contributed by atoms with E-state index in [1.165, 1.54) is 0 Å². The van der Waals surface area contributed by atoms with E-state index in [4.69, 9.17) is 16.3 Å². The molecule has 1 amide bonds. The molecule has 0 bridgehead atoms. The molecule has 110 valence electrons. The molecule has 1 fully saturated rings. The number of hydrogen-bond acceptors (Lipinski definition) is 4. The van der Waals surface area contributed by atoms with Gasteiger partial charge in [0.15, 0.2) is 0 Å². The summed E-state index contributed by atoms with van der Waals surface area (Å²) in [7, 11) is 1.74. The van der Waals surface area contributed by atoms with Gasteiger partial charge in [-0.15, -0.1) is 0 Å². The van der Waals surface area contributed by atoms with Crippen molar-refractivity contribution in [2.75, 3.05) is 26.7 Å². The van der Waals surface area contributed by atoms with E-state index in [0.29, 0.717) is 31.1 Å². The number of halogens is 1. The van der Waals surface area contributed by atoms with Crippen LogP contribution in [-0.2, 0) is 4.79 Å². The van der Waals surface area contributed by atoms with Gasteiger partial charge in [0.1, 0.15) is 12.4 Å². The average molecular weight is 299 g/mol. The third-order valence-corrected chi connectivity index (χ3v) is 3.54. The molecule has 1 saturated heterocycles. The summed E-state index contributed by atoms with van der Waals surface area (Å²) >= 11 is 5.79. The van der Waals surface area contributed by atoms with Crippen LogP contribution < -0.4 is 10.1 Å². The summed E-state index contributed by atoms with van der Waals surface area (Å²) < 4.78 is 5.54. The standard InChI is InChI=1S/C14H19ClN2O3/c1-17(14(19)13-8-11(18)9-16-13)6-7-20-12-4-2-10(15)3-5-12/h2-5,11,13,16,18H,6-9H2,1H3/t11-,13-/m1/s1. The van der Waals surface area contributed by atoms with E-state index in [2.05, 4.69) is 5.32 Å². The lowest BCUT2D eigenvalue weighted by molar-refractivity contribution is -0.132. The topological polar surface area (TPSA) is 61.8 Å². The summed E-state index contributed by atoms with van der Waals surface area (Å²) in [6.45, 7) is 1.39. The van der Waals surface area contributed by atoms with Gasteiger partial charge in [0.2, 0.25) is 5.91 Å². The van der Waals surface area contributed by atoms with Crippen LogP contribution in [0.4, 0.5) is 0 Å². The molecule has 20 heavy (non-hydrogen) atoms. The molecule has 0 radical (unpaired) electrons. The second-order valence-electron chi connectivity index (χ2n) is 4.91. The third-order valence-electron chi connectivity index (χ3n) is 3.29. The molecule has 1 aromatic carbocycles. The summed E-state index contributed by atoms with van der Waals surface area (Å²) in [5, 5.41) is 13.1. The first-order valence-electron chi connectivity index (χ1n) is 6.61. The SMILES string of the molecule is CN(CCOc1ccc(Cl)cc1)C(=O)[C@H]1C[C@@H](O)CN1. The van der Waals surface area contributed by atoms with Gasteiger partial charge in [-0.1, -0.05) is 11.6 Å². The Hall–Kier alpha value is -1.30. The smallest absolute Gasteiger partial charge is 0.239 e. The summed E-state index contributed by atoms with van der Waals surface area (Å²) in [4.78, 5) is 13.7. The fourth-order valence-electron chi connectivity index (χ4n) is 2.11. The quantitative estimate of drug-likeness (QED) is 0.848. The fourth-order valence-corrected chi connectivity index (χ4v) is 2.24. The minimum absolute atomic E-state index is 0.0127. The van der Waals surface area contributed by atoms with Crippen molar-refractivity contribution in [3.05, 3.63) is 29.3 Å². The minimum atomic E-state index is -0.428. The van der Waals surface area contributed by atoms with Crippen molar-refractivity contribution in [2.45, 2.75) is 18.6 Å². The number of nitrogens with one attached hydrogen (secondary N) is 1. The van der Waals surface area contributed by atoms with Gasteiger partial charge in [0.05, 0.1) is 18.7 Å². The van der Waals surface area contributed by atoms with E-state index in [-0.39, 0.29) is 11.9 Å². The minimum Gasteiger partial charge on any atom is -0.492 e. The predicted octanol–water partition coefficient (Wildman–Crippen LogP) is 0.900. The fraction of sp³-hybridized carbons (Fsp3) is 0.500. The number of ether oxygens (including phenoxy) is 1. The molecule has 5 nitrogen and oxygen atoms in total. The summed E-state index contributed by atoms with van der Waals surface area (Å²) in [5.74, 6) is 0.714. The van der Waals surface area contributed by atoms with E-state index in [1.54, 1.807) is 36.2 Å². The van der Waals surface area contributed by atoms with Crippen LogP contribution in [0.15, 0.2) is 24.3 Å². The van der Waals surface area contributed by atoms with Crippen molar-refractivity contribution in [3.8, 4) is 5.75 Å². The first-order valence-corrected chi connectivity index (χ1v) is 6.99. The van der Waals surface area contributed by atoms with E-state index >= 15 is 0 Å². The predicted molar refractivity (Wildman–Crippen MR) is 77.0 cm³/mol. The zero-order valence-electron chi connectivity index (χ0n) is 11.4. The van der Waals surface area contributed by atoms with Crippen LogP contribution in [0.25, 0.3) is 0 Å². The summed E-state index contributed by atoms with van der Waals surface area (Å²) in [6.07, 6.45) is 0.0453. The number of carbonyl (C=O) groups excluding carboxylic acids is 1. The first kappa shape index (κ1) is 15.1. The molecule has 6 heteroatoms. The summed E-state index contributed by atoms with van der Waals surface area (Å²) in [5.41, 5.74) is 0. The molecule has 0 aromatic heterocycles. The van der Waals surface area contributed by atoms with Gasteiger partial charge >= 0.3 is 0 Å². The van der Waals surface area contributed by atoms with Gasteiger partial charge in [-0.3, -0.25) is 4.79 Å². The maximum atomic E-state index is 12.1. The number of β-amino-alcohol motifs (C(OH)–C–C–N with tert-alkyl or cyclic N) is 1. The highest BCUT2D eigenvalue weighted by Gasteiger charge is 2.29. The number of rotatable bonds is 5. The lowest BCUT2D eigenvalue weighted by atomic mass is 10.2. The van der Waals surface area contributed by atoms with Crippen molar-refractivity contribution < 1.29 is 14.6 Å². The maximum Gasteiger partial charge on any atom is 0.239 e. The molecule has 0 spiro atoms. The highest BCUT2D eigenvalue weighted by molar-refractivity contribution is 6.30. The van der Waals surface area contributed by atoms with Gasteiger partial charge in [-0.2, -0.15) is 0 Å². The van der Waals surface area contributed by atoms with Crippen LogP contribution in [0, 0.1) is 0 Å². The number of carbonyl (C=O) groups is 1. The molecular formula is C14H19ClN2O3. The number of aliphatic hydroxyl groups excluding tert-OH is 1. The normalized spacial score (nSPS) is 21.8. The molecule has 1 aromatic rings. The molecule has 0 aliphatic carbocycles. The number of benzene rings is 1. The van der Waals surface area contributed by atoms with Crippen LogP contribution in [0.2, 0.25) is 5.02 Å². The Labute approximate surface area is 123 Å². The zero-order valence-corrected chi connectivity index (χ0v) is 12.1. The number of likely N-dealkylation sites (N-methyl/N-ethyl adjacent to an activating group) is 1. The monoisotopic (exact) mass is 298 g/mol. The van der Waals surface area contributed by atoms with Crippen molar-refractivity contribution >= 4 is 17.5 Å². The molecule has 1 heterocycles. The summed E-state index contributed by atoms with van der Waals surface area (Å²) in [6, 6.07) is 6.81. The van der Waals surface area contributed by atoms with E-state index in [9.17, 15) is 9.90 Å². The maximum absolute atomic E-state index is 12.1. The van der Waals surface area contributed by atoms with E-state index in [1.807, 2.05) is 0 Å². The van der Waals surface area contributed by atoms with Crippen LogP contribution in [0.3, 0.4) is 0 Å². The van der Waals surface area contributed by atoms with Gasteiger partial charge in [0, 0.05) is 18.6 Å². The highest BCUT2D eigenvalue weighted by Crippen LogP contribution is 2.15. The first-order chi connectivity index (χ1) is 9.56. The molecule has 0 saturated carbocycles. The van der Waals surface area contributed by atoms with Crippen LogP contribution in [0.1, 0.15) is 6.42 Å². The molecule has 2 N–H and O–H groups in total. The largest absolute Gasteiger partial charge is 0.492 e. The Morgan fingerprint density at radius 2 is 2.20 bits per heavy atom. The van der Waals surface area contributed by atoms with E-state index in [0.717, 1.165) is 5.75 Å². The molecule has 1 aliphatic rings. The molecule has 2 rings (SSSR count). The van der Waals surface area contributed by atoms with Crippen molar-refractivity contribution in [2.24, 2.45) is 0 Å². The van der Waals surface area contributed by atoms with E-state index < -0.39 is 6.10 Å². The lowest BCUT2D eigenvalue weighted by Gasteiger charge is -2.21. The van der Waals surface area contributed by atoms with Crippen molar-refractivity contribution in [1.82, 2.24) is 10.2 Å². The number of aliphatic hydroxyl groups is 1. The lowest BCUT2D eigenvalue weighted by Crippen LogP contribution is -2.43. The second-order valence-corrected chi connectivity index (χ2v) is 5.35. The number of amides is 1. The molecular weight excluding hydrogens is 280 g/mol. The van der Waals surface area contributed by atoms with Gasteiger partial charge in [0.25, 0.3) is 0 Å². The molecule has 2 atom stereocenters. The van der Waals surface area contributed by atoms with Gasteiger partial charge in [-0.25, -0.2) is 0 Å². The Morgan fingerprint density at radius 3 is 2.80 bits per heavy atom. The Morgan fingerprint density at radius 1 is 1.50 bits per heavy atom. The number of hydrogen-bond donors (Lipinski definition) is 2. The van der Waals surface area contributed by atoms with Crippen LogP contribution in [-0.4, -0.2) is 54.8 Å². The Balaban J connectivity index is 1.73. The third kappa shape index (κ3) is 4.10. The average Bonchev–Trinajstić information content (AvgIpc) is 2.86. The van der Waals surface area contributed by atoms with Crippen molar-refractivity contribution in [1.29, 1.82) is 0 Å². The Bertz CT molecular complexity index is 452.